The van der Waals surface area contributed by atoms with Gasteiger partial charge in [-0.15, -0.1) is 11.3 Å². The number of rotatable bonds is 4. The number of ether oxygens (including phenoxy) is 1. The maximum absolute atomic E-state index is 11.1. The minimum atomic E-state index is -0.174. The number of carbonyl (C=O) groups is 1. The highest BCUT2D eigenvalue weighted by Crippen LogP contribution is 2.27. The topological polar surface area (TPSA) is 42.4 Å². The van der Waals surface area contributed by atoms with Crippen LogP contribution in [0.15, 0.2) is 5.38 Å². The average Bonchev–Trinajstić information content (AvgIpc) is 2.85. The number of hydrogen-bond donors (Lipinski definition) is 0. The first-order valence-corrected chi connectivity index (χ1v) is 8.09. The molecule has 1 aromatic rings. The number of thioether (sulfide) groups is 1. The zero-order valence-electron chi connectivity index (χ0n) is 10.7. The lowest BCUT2D eigenvalue weighted by Crippen LogP contribution is -2.40. The van der Waals surface area contributed by atoms with Gasteiger partial charge in [-0.05, 0) is 6.92 Å². The Balaban J connectivity index is 1.94. The van der Waals surface area contributed by atoms with Crippen LogP contribution in [0, 0.1) is 0 Å². The van der Waals surface area contributed by atoms with Gasteiger partial charge in [0.25, 0.3) is 0 Å². The summed E-state index contributed by atoms with van der Waals surface area (Å²) < 4.78 is 4.64. The zero-order chi connectivity index (χ0) is 13.0. The van der Waals surface area contributed by atoms with E-state index in [-0.39, 0.29) is 5.97 Å². The van der Waals surface area contributed by atoms with Crippen molar-refractivity contribution in [3.8, 4) is 0 Å². The highest BCUT2D eigenvalue weighted by Gasteiger charge is 2.21. The third-order valence-corrected chi connectivity index (χ3v) is 5.08. The molecule has 100 valence electrons. The Hall–Kier alpha value is -0.750. The summed E-state index contributed by atoms with van der Waals surface area (Å²) in [5, 5.41) is 3.13. The van der Waals surface area contributed by atoms with E-state index in [9.17, 15) is 4.79 Å². The van der Waals surface area contributed by atoms with E-state index in [0.717, 1.165) is 23.1 Å². The molecule has 0 amide bonds. The number of anilines is 1. The normalized spacial score (nSPS) is 19.9. The lowest BCUT2D eigenvalue weighted by molar-refractivity contribution is -0.140. The predicted molar refractivity (Wildman–Crippen MR) is 76.6 cm³/mol. The van der Waals surface area contributed by atoms with Crippen molar-refractivity contribution in [2.75, 3.05) is 30.1 Å². The molecule has 2 heterocycles. The number of aryl methyl sites for hydroxylation is 1. The Morgan fingerprint density at radius 2 is 2.50 bits per heavy atom. The molecule has 0 radical (unpaired) electrons. The third kappa shape index (κ3) is 3.38. The van der Waals surface area contributed by atoms with Gasteiger partial charge in [-0.25, -0.2) is 4.98 Å². The van der Waals surface area contributed by atoms with Gasteiger partial charge < -0.3 is 9.64 Å². The van der Waals surface area contributed by atoms with E-state index in [0.29, 0.717) is 18.9 Å². The van der Waals surface area contributed by atoms with Gasteiger partial charge in [-0.2, -0.15) is 11.8 Å². The van der Waals surface area contributed by atoms with Gasteiger partial charge in [0, 0.05) is 35.9 Å². The molecule has 1 atom stereocenters. The first-order chi connectivity index (χ1) is 8.70. The first kappa shape index (κ1) is 13.7. The molecular formula is C12H18N2O2S2. The van der Waals surface area contributed by atoms with Gasteiger partial charge in [0.15, 0.2) is 5.13 Å². The molecule has 0 spiro atoms. The Morgan fingerprint density at radius 3 is 3.22 bits per heavy atom. The molecule has 18 heavy (non-hydrogen) atoms. The van der Waals surface area contributed by atoms with E-state index in [1.54, 1.807) is 11.3 Å². The summed E-state index contributed by atoms with van der Waals surface area (Å²) in [7, 11) is 1.42. The van der Waals surface area contributed by atoms with Crippen molar-refractivity contribution >= 4 is 34.2 Å². The molecule has 1 aliphatic heterocycles. The molecule has 2 rings (SSSR count). The second-order valence-corrected chi connectivity index (χ2v) is 6.30. The highest BCUT2D eigenvalue weighted by atomic mass is 32.2. The summed E-state index contributed by atoms with van der Waals surface area (Å²) in [6.07, 6.45) is 1.07. The lowest BCUT2D eigenvalue weighted by Gasteiger charge is -2.32. The Labute approximate surface area is 116 Å². The summed E-state index contributed by atoms with van der Waals surface area (Å²) >= 11 is 3.67. The molecule has 6 heteroatoms. The van der Waals surface area contributed by atoms with Crippen molar-refractivity contribution in [1.29, 1.82) is 0 Å². The molecule has 4 nitrogen and oxygen atoms in total. The first-order valence-electron chi connectivity index (χ1n) is 6.06. The molecule has 1 aliphatic rings. The van der Waals surface area contributed by atoms with E-state index < -0.39 is 0 Å². The molecule has 1 fully saturated rings. The number of nitrogens with zero attached hydrogens (tertiary/aromatic N) is 2. The fourth-order valence-electron chi connectivity index (χ4n) is 1.89. The minimum absolute atomic E-state index is 0.174. The van der Waals surface area contributed by atoms with Crippen LogP contribution < -0.4 is 4.90 Å². The van der Waals surface area contributed by atoms with E-state index in [1.807, 2.05) is 17.1 Å². The number of hydrogen-bond acceptors (Lipinski definition) is 6. The van der Waals surface area contributed by atoms with Crippen LogP contribution >= 0.6 is 23.1 Å². The van der Waals surface area contributed by atoms with Crippen LogP contribution in [0.2, 0.25) is 0 Å². The lowest BCUT2D eigenvalue weighted by atomic mass is 10.2. The molecule has 1 saturated heterocycles. The summed E-state index contributed by atoms with van der Waals surface area (Å²) in [6.45, 7) is 3.30. The molecular weight excluding hydrogens is 268 g/mol. The molecule has 1 aromatic heterocycles. The van der Waals surface area contributed by atoms with Crippen LogP contribution in [0.3, 0.4) is 0 Å². The van der Waals surface area contributed by atoms with Gasteiger partial charge in [0.1, 0.15) is 0 Å². The second kappa shape index (κ2) is 6.43. The van der Waals surface area contributed by atoms with Gasteiger partial charge in [0.05, 0.1) is 19.2 Å². The summed E-state index contributed by atoms with van der Waals surface area (Å²) in [6, 6.07) is 0.545. The minimum Gasteiger partial charge on any atom is -0.469 e. The van der Waals surface area contributed by atoms with Crippen molar-refractivity contribution < 1.29 is 9.53 Å². The maximum atomic E-state index is 11.1. The van der Waals surface area contributed by atoms with Gasteiger partial charge in [0.2, 0.25) is 0 Å². The Kier molecular flexibility index (Phi) is 4.88. The third-order valence-electron chi connectivity index (χ3n) is 2.97. The van der Waals surface area contributed by atoms with Crippen molar-refractivity contribution in [2.45, 2.75) is 25.8 Å². The molecule has 0 aromatic carbocycles. The SMILES string of the molecule is COC(=O)CCc1csc(N2CCSCC2C)n1. The van der Waals surface area contributed by atoms with Gasteiger partial charge >= 0.3 is 5.97 Å². The maximum Gasteiger partial charge on any atom is 0.305 e. The van der Waals surface area contributed by atoms with E-state index >= 15 is 0 Å². The van der Waals surface area contributed by atoms with E-state index in [4.69, 9.17) is 0 Å². The molecule has 0 saturated carbocycles. The van der Waals surface area contributed by atoms with Crippen LogP contribution in [-0.4, -0.2) is 42.2 Å². The van der Waals surface area contributed by atoms with Gasteiger partial charge in [-0.1, -0.05) is 0 Å². The smallest absolute Gasteiger partial charge is 0.305 e. The number of carbonyl (C=O) groups excluding carboxylic acids is 1. The average molecular weight is 286 g/mol. The van der Waals surface area contributed by atoms with E-state index in [1.165, 1.54) is 12.9 Å². The fraction of sp³-hybridized carbons (Fsp3) is 0.667. The molecule has 0 bridgehead atoms. The highest BCUT2D eigenvalue weighted by molar-refractivity contribution is 7.99. The quantitative estimate of drug-likeness (QED) is 0.794. The molecule has 0 N–H and O–H groups in total. The fourth-order valence-corrected chi connectivity index (χ4v) is 3.89. The molecule has 1 unspecified atom stereocenters. The largest absolute Gasteiger partial charge is 0.469 e. The Bertz CT molecular complexity index is 409. The van der Waals surface area contributed by atoms with Crippen LogP contribution in [-0.2, 0) is 16.0 Å². The zero-order valence-corrected chi connectivity index (χ0v) is 12.4. The number of thiazole rings is 1. The summed E-state index contributed by atoms with van der Waals surface area (Å²) in [5.74, 6) is 2.16. The Morgan fingerprint density at radius 1 is 1.67 bits per heavy atom. The number of methoxy groups -OCH3 is 1. The molecule has 0 aliphatic carbocycles. The van der Waals surface area contributed by atoms with Crippen LogP contribution in [0.25, 0.3) is 0 Å². The number of esters is 1. The predicted octanol–water partition coefficient (Wildman–Crippen LogP) is 2.19. The van der Waals surface area contributed by atoms with Gasteiger partial charge in [-0.3, -0.25) is 4.79 Å². The van der Waals surface area contributed by atoms with Crippen molar-refractivity contribution in [3.05, 3.63) is 11.1 Å². The van der Waals surface area contributed by atoms with Crippen LogP contribution in [0.4, 0.5) is 5.13 Å². The second-order valence-electron chi connectivity index (χ2n) is 4.31. The van der Waals surface area contributed by atoms with Crippen LogP contribution in [0.5, 0.6) is 0 Å². The summed E-state index contributed by atoms with van der Waals surface area (Å²) in [5.41, 5.74) is 0.992. The monoisotopic (exact) mass is 286 g/mol. The number of aromatic nitrogens is 1. The van der Waals surface area contributed by atoms with Crippen molar-refractivity contribution in [2.24, 2.45) is 0 Å². The van der Waals surface area contributed by atoms with Crippen molar-refractivity contribution in [1.82, 2.24) is 4.98 Å². The summed E-state index contributed by atoms with van der Waals surface area (Å²) in [4.78, 5) is 18.1. The standard InChI is InChI=1S/C12H18N2O2S2/c1-9-7-17-6-5-14(9)12-13-10(8-18-12)3-4-11(15)16-2/h8-9H,3-7H2,1-2H3. The van der Waals surface area contributed by atoms with E-state index in [2.05, 4.69) is 21.5 Å². The van der Waals surface area contributed by atoms with Crippen LogP contribution in [0.1, 0.15) is 19.0 Å². The van der Waals surface area contributed by atoms with Crippen molar-refractivity contribution in [3.63, 3.8) is 0 Å².